The van der Waals surface area contributed by atoms with Gasteiger partial charge in [-0.25, -0.2) is 0 Å². The summed E-state index contributed by atoms with van der Waals surface area (Å²) in [6.45, 7) is 5.30. The van der Waals surface area contributed by atoms with Crippen molar-refractivity contribution in [1.29, 1.82) is 0 Å². The van der Waals surface area contributed by atoms with Crippen LogP contribution in [0.1, 0.15) is 16.7 Å². The van der Waals surface area contributed by atoms with Gasteiger partial charge in [-0.05, 0) is 42.9 Å². The minimum atomic E-state index is 0.987. The van der Waals surface area contributed by atoms with Gasteiger partial charge in [-0.1, -0.05) is 24.3 Å². The van der Waals surface area contributed by atoms with E-state index in [9.17, 15) is 0 Å². The SMILES string of the molecule is C=CC#Cc1ccc(C#CC#CC)s1. The number of thiophene rings is 1. The van der Waals surface area contributed by atoms with Crippen LogP contribution in [0.25, 0.3) is 0 Å². The third-order valence-corrected chi connectivity index (χ3v) is 2.19. The standard InChI is InChI=1S/C13H8S/c1-3-5-7-9-13-11-10-12(14-13)8-6-4-2/h4,10-11H,2H2,1H3. The molecule has 14 heavy (non-hydrogen) atoms. The van der Waals surface area contributed by atoms with E-state index < -0.39 is 0 Å². The van der Waals surface area contributed by atoms with Crippen molar-refractivity contribution in [3.05, 3.63) is 34.5 Å². The molecule has 66 valence electrons. The summed E-state index contributed by atoms with van der Waals surface area (Å²) in [5.74, 6) is 16.9. The Kier molecular flexibility index (Phi) is 4.16. The van der Waals surface area contributed by atoms with Gasteiger partial charge in [0.05, 0.1) is 9.75 Å². The maximum atomic E-state index is 3.53. The topological polar surface area (TPSA) is 0 Å². The van der Waals surface area contributed by atoms with Crippen LogP contribution in [0.4, 0.5) is 0 Å². The molecule has 0 N–H and O–H groups in total. The Labute approximate surface area is 88.7 Å². The molecule has 0 saturated carbocycles. The van der Waals surface area contributed by atoms with Crippen LogP contribution in [-0.4, -0.2) is 0 Å². The molecule has 0 aliphatic heterocycles. The lowest BCUT2D eigenvalue weighted by atomic mass is 10.4. The molecular weight excluding hydrogens is 188 g/mol. The Balaban J connectivity index is 2.83. The molecule has 1 aromatic heterocycles. The van der Waals surface area contributed by atoms with Crippen molar-refractivity contribution < 1.29 is 0 Å². The number of rotatable bonds is 0. The molecule has 0 amide bonds. The molecule has 1 aromatic rings. The summed E-state index contributed by atoms with van der Waals surface area (Å²) >= 11 is 1.56. The number of hydrogen-bond acceptors (Lipinski definition) is 1. The summed E-state index contributed by atoms with van der Waals surface area (Å²) in [5, 5.41) is 0. The first kappa shape index (κ1) is 10.2. The molecular formula is C13H8S. The van der Waals surface area contributed by atoms with Gasteiger partial charge in [0.15, 0.2) is 0 Å². The van der Waals surface area contributed by atoms with Gasteiger partial charge in [-0.15, -0.1) is 11.3 Å². The van der Waals surface area contributed by atoms with E-state index in [-0.39, 0.29) is 0 Å². The van der Waals surface area contributed by atoms with Gasteiger partial charge in [0.2, 0.25) is 0 Å². The van der Waals surface area contributed by atoms with Crippen LogP contribution in [0.2, 0.25) is 0 Å². The molecule has 0 saturated heterocycles. The fourth-order valence-electron chi connectivity index (χ4n) is 0.750. The Bertz CT molecular complexity index is 498. The quantitative estimate of drug-likeness (QED) is 0.560. The molecule has 1 heteroatoms. The molecule has 0 aliphatic rings. The largest absolute Gasteiger partial charge is 0.118 e. The Morgan fingerprint density at radius 1 is 1.21 bits per heavy atom. The average Bonchev–Trinajstić information content (AvgIpc) is 2.63. The summed E-state index contributed by atoms with van der Waals surface area (Å²) in [6, 6.07) is 3.90. The first-order chi connectivity index (χ1) is 6.86. The van der Waals surface area contributed by atoms with Crippen LogP contribution in [-0.2, 0) is 0 Å². The lowest BCUT2D eigenvalue weighted by Crippen LogP contribution is -1.58. The molecule has 0 aliphatic carbocycles. The summed E-state index contributed by atoms with van der Waals surface area (Å²) in [5.41, 5.74) is 0. The van der Waals surface area contributed by atoms with Crippen molar-refractivity contribution in [2.24, 2.45) is 0 Å². The fourth-order valence-corrected chi connectivity index (χ4v) is 1.47. The zero-order valence-corrected chi connectivity index (χ0v) is 8.66. The second kappa shape index (κ2) is 5.71. The monoisotopic (exact) mass is 196 g/mol. The summed E-state index contributed by atoms with van der Waals surface area (Å²) in [6.07, 6.45) is 1.58. The molecule has 0 bridgehead atoms. The van der Waals surface area contributed by atoms with E-state index in [2.05, 4.69) is 42.1 Å². The van der Waals surface area contributed by atoms with Crippen molar-refractivity contribution in [2.75, 3.05) is 0 Å². The minimum Gasteiger partial charge on any atom is -0.118 e. The lowest BCUT2D eigenvalue weighted by Gasteiger charge is -1.74. The van der Waals surface area contributed by atoms with Gasteiger partial charge < -0.3 is 0 Å². The Morgan fingerprint density at radius 3 is 2.57 bits per heavy atom. The van der Waals surface area contributed by atoms with Gasteiger partial charge in [0.1, 0.15) is 0 Å². The van der Waals surface area contributed by atoms with Crippen LogP contribution in [0.3, 0.4) is 0 Å². The second-order valence-electron chi connectivity index (χ2n) is 2.26. The Morgan fingerprint density at radius 2 is 1.93 bits per heavy atom. The molecule has 0 fully saturated rings. The van der Waals surface area contributed by atoms with Gasteiger partial charge in [-0.2, -0.15) is 0 Å². The van der Waals surface area contributed by atoms with Crippen LogP contribution in [0.5, 0.6) is 0 Å². The maximum Gasteiger partial charge on any atom is 0.0792 e. The smallest absolute Gasteiger partial charge is 0.0792 e. The third kappa shape index (κ3) is 3.24. The van der Waals surface area contributed by atoms with Crippen molar-refractivity contribution in [3.8, 4) is 35.5 Å². The predicted molar refractivity (Wildman–Crippen MR) is 61.7 cm³/mol. The number of allylic oxidation sites excluding steroid dienone is 1. The van der Waals surface area contributed by atoms with E-state index in [1.807, 2.05) is 12.1 Å². The highest BCUT2D eigenvalue weighted by molar-refractivity contribution is 7.13. The van der Waals surface area contributed by atoms with E-state index >= 15 is 0 Å². The van der Waals surface area contributed by atoms with Gasteiger partial charge in [0.25, 0.3) is 0 Å². The molecule has 0 unspecified atom stereocenters. The van der Waals surface area contributed by atoms with E-state index in [1.165, 1.54) is 0 Å². The predicted octanol–water partition coefficient (Wildman–Crippen LogP) is 2.66. The van der Waals surface area contributed by atoms with Crippen molar-refractivity contribution in [3.63, 3.8) is 0 Å². The van der Waals surface area contributed by atoms with Crippen LogP contribution in [0, 0.1) is 35.5 Å². The van der Waals surface area contributed by atoms with Crippen LogP contribution >= 0.6 is 11.3 Å². The van der Waals surface area contributed by atoms with E-state index in [0.717, 1.165) is 9.75 Å². The molecule has 0 atom stereocenters. The second-order valence-corrected chi connectivity index (χ2v) is 3.35. The van der Waals surface area contributed by atoms with Gasteiger partial charge in [0, 0.05) is 0 Å². The third-order valence-electron chi connectivity index (χ3n) is 1.28. The fraction of sp³-hybridized carbons (Fsp3) is 0.0769. The maximum absolute atomic E-state index is 3.53. The molecule has 0 aromatic carbocycles. The average molecular weight is 196 g/mol. The molecule has 1 rings (SSSR count). The highest BCUT2D eigenvalue weighted by Crippen LogP contribution is 2.13. The molecule has 0 nitrogen and oxygen atoms in total. The lowest BCUT2D eigenvalue weighted by molar-refractivity contribution is 1.89. The van der Waals surface area contributed by atoms with E-state index in [1.54, 1.807) is 24.3 Å². The minimum absolute atomic E-state index is 0.987. The van der Waals surface area contributed by atoms with Crippen molar-refractivity contribution in [2.45, 2.75) is 6.92 Å². The van der Waals surface area contributed by atoms with Crippen LogP contribution in [0.15, 0.2) is 24.8 Å². The van der Waals surface area contributed by atoms with Crippen molar-refractivity contribution in [1.82, 2.24) is 0 Å². The molecule has 0 radical (unpaired) electrons. The van der Waals surface area contributed by atoms with E-state index in [4.69, 9.17) is 0 Å². The first-order valence-electron chi connectivity index (χ1n) is 4.02. The molecule has 0 spiro atoms. The summed E-state index contributed by atoms with van der Waals surface area (Å²) in [7, 11) is 0. The zero-order valence-electron chi connectivity index (χ0n) is 7.85. The highest BCUT2D eigenvalue weighted by atomic mass is 32.1. The first-order valence-corrected chi connectivity index (χ1v) is 4.83. The summed E-state index contributed by atoms with van der Waals surface area (Å²) < 4.78 is 0. The van der Waals surface area contributed by atoms with Crippen LogP contribution < -0.4 is 0 Å². The van der Waals surface area contributed by atoms with Crippen molar-refractivity contribution >= 4 is 11.3 Å². The zero-order chi connectivity index (χ0) is 10.2. The summed E-state index contributed by atoms with van der Waals surface area (Å²) in [4.78, 5) is 1.99. The highest BCUT2D eigenvalue weighted by Gasteiger charge is 1.92. The molecule has 1 heterocycles. The van der Waals surface area contributed by atoms with E-state index in [0.29, 0.717) is 0 Å². The number of hydrogen-bond donors (Lipinski definition) is 0. The van der Waals surface area contributed by atoms with Gasteiger partial charge in [-0.3, -0.25) is 0 Å². The Hall–Kier alpha value is -1.88. The normalized spacial score (nSPS) is 6.93. The van der Waals surface area contributed by atoms with Gasteiger partial charge >= 0.3 is 0 Å².